The van der Waals surface area contributed by atoms with Crippen LogP contribution in [0.3, 0.4) is 0 Å². The van der Waals surface area contributed by atoms with Crippen molar-refractivity contribution in [2.24, 2.45) is 0 Å². The van der Waals surface area contributed by atoms with Gasteiger partial charge in [0.05, 0.1) is 0 Å². The Kier molecular flexibility index (Phi) is 20.4. The molecule has 0 bridgehead atoms. The summed E-state index contributed by atoms with van der Waals surface area (Å²) in [5, 5.41) is 2.42. The standard InChI is InChI=1S/C12H15F2N.C3H8.C2H6/c1-5-7-8-11(6-2)15-12(14)9(3)10(4)13;1-3-2;1-2/h5-8,15H,1,4H2,2-3H3;3H2,1-2H3;1-2H3/b8-7-,11-6+,12-9-;;. The lowest BCUT2D eigenvalue weighted by molar-refractivity contribution is 0.551. The predicted molar refractivity (Wildman–Crippen MR) is 87.6 cm³/mol. The summed E-state index contributed by atoms with van der Waals surface area (Å²) in [4.78, 5) is 0. The van der Waals surface area contributed by atoms with Crippen molar-refractivity contribution >= 4 is 0 Å². The van der Waals surface area contributed by atoms with Crippen LogP contribution in [0, 0.1) is 0 Å². The molecule has 0 amide bonds. The van der Waals surface area contributed by atoms with Crippen LogP contribution in [0.2, 0.25) is 0 Å². The van der Waals surface area contributed by atoms with E-state index in [1.54, 1.807) is 31.2 Å². The molecule has 0 saturated carbocycles. The van der Waals surface area contributed by atoms with Crippen molar-refractivity contribution in [2.45, 2.75) is 48.0 Å². The average molecular weight is 285 g/mol. The lowest BCUT2D eigenvalue weighted by Gasteiger charge is -2.06. The highest BCUT2D eigenvalue weighted by molar-refractivity contribution is 5.28. The van der Waals surface area contributed by atoms with Crippen molar-refractivity contribution in [1.82, 2.24) is 5.32 Å². The van der Waals surface area contributed by atoms with Gasteiger partial charge in [0.2, 0.25) is 0 Å². The smallest absolute Gasteiger partial charge is 0.197 e. The van der Waals surface area contributed by atoms with Gasteiger partial charge in [0.1, 0.15) is 5.83 Å². The molecule has 116 valence electrons. The number of rotatable bonds is 5. The highest BCUT2D eigenvalue weighted by Crippen LogP contribution is 2.14. The fourth-order valence-electron chi connectivity index (χ4n) is 0.721. The van der Waals surface area contributed by atoms with Crippen LogP contribution in [-0.2, 0) is 0 Å². The van der Waals surface area contributed by atoms with Crippen LogP contribution in [0.1, 0.15) is 48.0 Å². The summed E-state index contributed by atoms with van der Waals surface area (Å²) in [6, 6.07) is 0. The largest absolute Gasteiger partial charge is 0.332 e. The minimum Gasteiger partial charge on any atom is -0.332 e. The van der Waals surface area contributed by atoms with E-state index in [4.69, 9.17) is 0 Å². The molecule has 0 saturated heterocycles. The van der Waals surface area contributed by atoms with Crippen LogP contribution in [0.25, 0.3) is 0 Å². The summed E-state index contributed by atoms with van der Waals surface area (Å²) in [6.45, 7) is 17.8. The average Bonchev–Trinajstić information content (AvgIpc) is 2.45. The van der Waals surface area contributed by atoms with Gasteiger partial charge in [-0.25, -0.2) is 4.39 Å². The maximum Gasteiger partial charge on any atom is 0.197 e. The molecule has 0 aromatic rings. The minimum atomic E-state index is -0.789. The second-order valence-corrected chi connectivity index (χ2v) is 3.51. The zero-order valence-corrected chi connectivity index (χ0v) is 13.7. The first-order valence-electron chi connectivity index (χ1n) is 6.88. The summed E-state index contributed by atoms with van der Waals surface area (Å²) in [5.74, 6) is -1.53. The van der Waals surface area contributed by atoms with Gasteiger partial charge in [-0.3, -0.25) is 0 Å². The van der Waals surface area contributed by atoms with Crippen molar-refractivity contribution in [3.8, 4) is 0 Å². The number of halogens is 2. The number of allylic oxidation sites excluding steroid dienone is 6. The molecule has 0 unspecified atom stereocenters. The van der Waals surface area contributed by atoms with E-state index < -0.39 is 11.8 Å². The van der Waals surface area contributed by atoms with E-state index in [-0.39, 0.29) is 5.57 Å². The Morgan fingerprint density at radius 2 is 1.65 bits per heavy atom. The molecule has 0 aliphatic carbocycles. The summed E-state index contributed by atoms with van der Waals surface area (Å²) < 4.78 is 25.8. The van der Waals surface area contributed by atoms with Crippen LogP contribution in [-0.4, -0.2) is 0 Å². The SMILES string of the molecule is C=C/C=C\C(=C/C)N/C(F)=C(/C)C(=C)F.CC.CCC. The first-order chi connectivity index (χ1) is 9.44. The Labute approximate surface area is 123 Å². The Hall–Kier alpha value is -1.64. The normalized spacial score (nSPS) is 11.5. The first-order valence-corrected chi connectivity index (χ1v) is 6.88. The van der Waals surface area contributed by atoms with Gasteiger partial charge in [-0.1, -0.05) is 65.5 Å². The van der Waals surface area contributed by atoms with Gasteiger partial charge < -0.3 is 5.32 Å². The van der Waals surface area contributed by atoms with Gasteiger partial charge in [0, 0.05) is 11.3 Å². The Morgan fingerprint density at radius 1 is 1.20 bits per heavy atom. The molecule has 3 heteroatoms. The number of hydrogen-bond acceptors (Lipinski definition) is 1. The van der Waals surface area contributed by atoms with Crippen LogP contribution >= 0.6 is 0 Å². The first kappa shape index (κ1) is 23.5. The molecule has 0 aromatic carbocycles. The van der Waals surface area contributed by atoms with Gasteiger partial charge in [0.15, 0.2) is 5.95 Å². The van der Waals surface area contributed by atoms with E-state index >= 15 is 0 Å². The maximum atomic E-state index is 13.3. The van der Waals surface area contributed by atoms with Crippen molar-refractivity contribution < 1.29 is 8.78 Å². The van der Waals surface area contributed by atoms with Crippen molar-refractivity contribution in [1.29, 1.82) is 0 Å². The highest BCUT2D eigenvalue weighted by atomic mass is 19.1. The Balaban J connectivity index is -0.000000505. The van der Waals surface area contributed by atoms with Crippen LogP contribution < -0.4 is 5.32 Å². The topological polar surface area (TPSA) is 12.0 Å². The van der Waals surface area contributed by atoms with E-state index in [0.29, 0.717) is 5.70 Å². The summed E-state index contributed by atoms with van der Waals surface area (Å²) in [5.41, 5.74) is 0.384. The van der Waals surface area contributed by atoms with Gasteiger partial charge in [-0.05, 0) is 19.9 Å². The minimum absolute atomic E-state index is 0.138. The van der Waals surface area contributed by atoms with E-state index in [1.807, 2.05) is 13.8 Å². The lowest BCUT2D eigenvalue weighted by atomic mass is 10.3. The second kappa shape index (κ2) is 17.4. The van der Waals surface area contributed by atoms with Gasteiger partial charge in [-0.2, -0.15) is 4.39 Å². The Bertz CT molecular complexity index is 350. The van der Waals surface area contributed by atoms with Gasteiger partial charge in [0.25, 0.3) is 0 Å². The summed E-state index contributed by atoms with van der Waals surface area (Å²) >= 11 is 0. The van der Waals surface area contributed by atoms with Crippen molar-refractivity contribution in [3.63, 3.8) is 0 Å². The quantitative estimate of drug-likeness (QED) is 0.458. The van der Waals surface area contributed by atoms with Crippen molar-refractivity contribution in [3.05, 3.63) is 60.5 Å². The molecule has 0 fully saturated rings. The third kappa shape index (κ3) is 14.4. The zero-order valence-electron chi connectivity index (χ0n) is 13.7. The van der Waals surface area contributed by atoms with Gasteiger partial charge in [-0.15, -0.1) is 0 Å². The molecule has 1 nitrogen and oxygen atoms in total. The summed E-state index contributed by atoms with van der Waals surface area (Å²) in [6.07, 6.45) is 7.75. The monoisotopic (exact) mass is 285 g/mol. The van der Waals surface area contributed by atoms with Crippen LogP contribution in [0.4, 0.5) is 8.78 Å². The van der Waals surface area contributed by atoms with Crippen LogP contribution in [0.15, 0.2) is 60.5 Å². The molecule has 0 aromatic heterocycles. The number of hydrogen-bond donors (Lipinski definition) is 1. The highest BCUT2D eigenvalue weighted by Gasteiger charge is 2.04. The van der Waals surface area contributed by atoms with E-state index in [9.17, 15) is 8.78 Å². The molecular weight excluding hydrogens is 256 g/mol. The van der Waals surface area contributed by atoms with Gasteiger partial charge >= 0.3 is 0 Å². The molecule has 0 heterocycles. The van der Waals surface area contributed by atoms with E-state index in [0.717, 1.165) is 0 Å². The molecule has 1 N–H and O–H groups in total. The Morgan fingerprint density at radius 3 is 1.95 bits per heavy atom. The lowest BCUT2D eigenvalue weighted by Crippen LogP contribution is -2.09. The number of nitrogens with one attached hydrogen (secondary N) is 1. The molecule has 0 aliphatic rings. The fourth-order valence-corrected chi connectivity index (χ4v) is 0.721. The molecule has 0 radical (unpaired) electrons. The van der Waals surface area contributed by atoms with Crippen molar-refractivity contribution in [2.75, 3.05) is 0 Å². The fraction of sp³-hybridized carbons (Fsp3) is 0.412. The zero-order chi connectivity index (χ0) is 16.6. The predicted octanol–water partition coefficient (Wildman–Crippen LogP) is 6.35. The van der Waals surface area contributed by atoms with E-state index in [1.165, 1.54) is 13.3 Å². The van der Waals surface area contributed by atoms with Crippen LogP contribution in [0.5, 0.6) is 0 Å². The third-order valence-corrected chi connectivity index (χ3v) is 1.71. The van der Waals surface area contributed by atoms with E-state index in [2.05, 4.69) is 32.3 Å². The second-order valence-electron chi connectivity index (χ2n) is 3.51. The summed E-state index contributed by atoms with van der Waals surface area (Å²) in [7, 11) is 0. The molecule has 0 spiro atoms. The molecule has 20 heavy (non-hydrogen) atoms. The molecule has 0 atom stereocenters. The molecule has 0 aliphatic heterocycles. The molecule has 0 rings (SSSR count). The molecular formula is C17H29F2N. The maximum absolute atomic E-state index is 13.3. The third-order valence-electron chi connectivity index (χ3n) is 1.71.